The number of aliphatic hydroxyl groups is 1. The molecule has 1 aliphatic rings. The highest BCUT2D eigenvalue weighted by atomic mass is 16.3. The van der Waals surface area contributed by atoms with Crippen LogP contribution in [0.3, 0.4) is 0 Å². The van der Waals surface area contributed by atoms with Gasteiger partial charge < -0.3 is 10.4 Å². The highest BCUT2D eigenvalue weighted by molar-refractivity contribution is 5.33. The van der Waals surface area contributed by atoms with Crippen molar-refractivity contribution in [3.63, 3.8) is 0 Å². The minimum atomic E-state index is 0.234. The number of hydrogen-bond donors (Lipinski definition) is 2. The number of aromatic nitrogens is 2. The topological polar surface area (TPSA) is 50.1 Å². The average molecular weight is 311 g/mol. The molecule has 1 aromatic heterocycles. The molecule has 1 heterocycles. The smallest absolute Gasteiger partial charge is 0.0699 e. The molecule has 0 saturated carbocycles. The van der Waals surface area contributed by atoms with Gasteiger partial charge in [0, 0.05) is 36.9 Å². The van der Waals surface area contributed by atoms with Gasteiger partial charge in [0.05, 0.1) is 11.4 Å². The molecule has 2 N–H and O–H groups in total. The van der Waals surface area contributed by atoms with E-state index in [9.17, 15) is 5.11 Å². The maximum atomic E-state index is 9.22. The van der Waals surface area contributed by atoms with Gasteiger partial charge in [-0.3, -0.25) is 0 Å². The van der Waals surface area contributed by atoms with Crippen LogP contribution >= 0.6 is 0 Å². The number of nitrogens with zero attached hydrogens (tertiary/aromatic N) is 2. The van der Waals surface area contributed by atoms with E-state index < -0.39 is 0 Å². The molecule has 2 aromatic rings. The Kier molecular flexibility index (Phi) is 4.94. The summed E-state index contributed by atoms with van der Waals surface area (Å²) in [5, 5.41) is 17.6. The average Bonchev–Trinajstić information content (AvgIpc) is 3.20. The number of benzene rings is 1. The monoisotopic (exact) mass is 311 g/mol. The summed E-state index contributed by atoms with van der Waals surface area (Å²) >= 11 is 0. The summed E-state index contributed by atoms with van der Waals surface area (Å²) in [6.07, 6.45) is 7.37. The van der Waals surface area contributed by atoms with Gasteiger partial charge in [-0.15, -0.1) is 0 Å². The standard InChI is InChI=1S/C19H25N3O/c1-14(2)19-16(11-20-17-9-8-15(10-17)13-23)12-22(21-19)18-6-4-3-5-7-18/h3-9,12,14-15,17,20,23H,10-11,13H2,1-2H3/t15-,17+/m0/s1. The molecule has 122 valence electrons. The molecule has 1 aliphatic carbocycles. The van der Waals surface area contributed by atoms with Crippen LogP contribution in [0.5, 0.6) is 0 Å². The van der Waals surface area contributed by atoms with E-state index >= 15 is 0 Å². The number of aliphatic hydroxyl groups excluding tert-OH is 1. The number of para-hydroxylation sites is 1. The van der Waals surface area contributed by atoms with E-state index in [0.29, 0.717) is 17.9 Å². The second-order valence-corrected chi connectivity index (χ2v) is 6.53. The Hall–Kier alpha value is -1.91. The van der Waals surface area contributed by atoms with Crippen LogP contribution in [0.4, 0.5) is 0 Å². The lowest BCUT2D eigenvalue weighted by atomic mass is 10.1. The largest absolute Gasteiger partial charge is 0.396 e. The predicted molar refractivity (Wildman–Crippen MR) is 92.6 cm³/mol. The first-order chi connectivity index (χ1) is 11.2. The molecule has 2 atom stereocenters. The van der Waals surface area contributed by atoms with Crippen molar-refractivity contribution < 1.29 is 5.11 Å². The van der Waals surface area contributed by atoms with Crippen LogP contribution in [0, 0.1) is 5.92 Å². The Bertz CT molecular complexity index is 661. The van der Waals surface area contributed by atoms with Crippen LogP contribution in [0.1, 0.15) is 37.4 Å². The van der Waals surface area contributed by atoms with Gasteiger partial charge in [0.25, 0.3) is 0 Å². The summed E-state index contributed by atoms with van der Waals surface area (Å²) in [4.78, 5) is 0. The zero-order valence-electron chi connectivity index (χ0n) is 13.8. The lowest BCUT2D eigenvalue weighted by Crippen LogP contribution is -2.26. The van der Waals surface area contributed by atoms with E-state index in [1.165, 1.54) is 5.56 Å². The van der Waals surface area contributed by atoms with Crippen molar-refractivity contribution in [1.29, 1.82) is 0 Å². The summed E-state index contributed by atoms with van der Waals surface area (Å²) in [7, 11) is 0. The zero-order valence-corrected chi connectivity index (χ0v) is 13.8. The summed E-state index contributed by atoms with van der Waals surface area (Å²) < 4.78 is 1.97. The molecule has 4 nitrogen and oxygen atoms in total. The van der Waals surface area contributed by atoms with E-state index in [2.05, 4.69) is 49.6 Å². The van der Waals surface area contributed by atoms with Gasteiger partial charge in [0.2, 0.25) is 0 Å². The van der Waals surface area contributed by atoms with E-state index in [1.54, 1.807) is 0 Å². The van der Waals surface area contributed by atoms with Crippen molar-refractivity contribution in [2.24, 2.45) is 5.92 Å². The fraction of sp³-hybridized carbons (Fsp3) is 0.421. The Labute approximate surface area is 137 Å². The predicted octanol–water partition coefficient (Wildman–Crippen LogP) is 3.02. The molecule has 0 saturated heterocycles. The van der Waals surface area contributed by atoms with E-state index in [0.717, 1.165) is 24.3 Å². The summed E-state index contributed by atoms with van der Waals surface area (Å²) in [5.74, 6) is 0.685. The molecular formula is C19H25N3O. The normalized spacial score (nSPS) is 20.5. The first kappa shape index (κ1) is 16.0. The van der Waals surface area contributed by atoms with Gasteiger partial charge in [-0.25, -0.2) is 4.68 Å². The highest BCUT2D eigenvalue weighted by Gasteiger charge is 2.19. The van der Waals surface area contributed by atoms with Crippen molar-refractivity contribution in [3.8, 4) is 5.69 Å². The maximum Gasteiger partial charge on any atom is 0.0699 e. The fourth-order valence-electron chi connectivity index (χ4n) is 3.06. The Balaban J connectivity index is 1.73. The molecule has 0 amide bonds. The molecule has 4 heteroatoms. The molecular weight excluding hydrogens is 286 g/mol. The van der Waals surface area contributed by atoms with Crippen LogP contribution in [0.2, 0.25) is 0 Å². The lowest BCUT2D eigenvalue weighted by Gasteiger charge is -2.13. The molecule has 23 heavy (non-hydrogen) atoms. The molecule has 0 fully saturated rings. The maximum absolute atomic E-state index is 9.22. The molecule has 0 radical (unpaired) electrons. The van der Waals surface area contributed by atoms with Crippen molar-refractivity contribution in [2.75, 3.05) is 6.61 Å². The SMILES string of the molecule is CC(C)c1nn(-c2ccccc2)cc1CN[C@@H]1C=C[C@H](CO)C1. The van der Waals surface area contributed by atoms with Crippen LogP contribution in [-0.2, 0) is 6.54 Å². The highest BCUT2D eigenvalue weighted by Crippen LogP contribution is 2.22. The number of nitrogens with one attached hydrogen (secondary N) is 1. The summed E-state index contributed by atoms with van der Waals surface area (Å²) in [6, 6.07) is 10.6. The van der Waals surface area contributed by atoms with Gasteiger partial charge in [0.1, 0.15) is 0 Å². The van der Waals surface area contributed by atoms with Crippen LogP contribution in [0.25, 0.3) is 5.69 Å². The zero-order chi connectivity index (χ0) is 16.2. The Morgan fingerprint density at radius 1 is 1.26 bits per heavy atom. The van der Waals surface area contributed by atoms with Crippen molar-refractivity contribution in [3.05, 3.63) is 59.9 Å². The van der Waals surface area contributed by atoms with E-state index in [-0.39, 0.29) is 6.61 Å². The first-order valence-corrected chi connectivity index (χ1v) is 8.33. The van der Waals surface area contributed by atoms with Gasteiger partial charge >= 0.3 is 0 Å². The van der Waals surface area contributed by atoms with Gasteiger partial charge in [-0.2, -0.15) is 5.10 Å². The van der Waals surface area contributed by atoms with Gasteiger partial charge in [-0.1, -0.05) is 44.2 Å². The minimum absolute atomic E-state index is 0.234. The van der Waals surface area contributed by atoms with Crippen molar-refractivity contribution >= 4 is 0 Å². The lowest BCUT2D eigenvalue weighted by molar-refractivity contribution is 0.246. The van der Waals surface area contributed by atoms with Crippen molar-refractivity contribution in [1.82, 2.24) is 15.1 Å². The molecule has 3 rings (SSSR count). The molecule has 0 bridgehead atoms. The third-order valence-electron chi connectivity index (χ3n) is 4.35. The van der Waals surface area contributed by atoms with E-state index in [4.69, 9.17) is 5.10 Å². The second-order valence-electron chi connectivity index (χ2n) is 6.53. The molecule has 1 aromatic carbocycles. The Morgan fingerprint density at radius 2 is 2.04 bits per heavy atom. The molecule has 0 unspecified atom stereocenters. The summed E-state index contributed by atoms with van der Waals surface area (Å²) in [5.41, 5.74) is 3.47. The van der Waals surface area contributed by atoms with E-state index in [1.807, 2.05) is 22.9 Å². The second kappa shape index (κ2) is 7.11. The quantitative estimate of drug-likeness (QED) is 0.806. The Morgan fingerprint density at radius 3 is 2.70 bits per heavy atom. The summed E-state index contributed by atoms with van der Waals surface area (Å²) in [6.45, 7) is 5.39. The minimum Gasteiger partial charge on any atom is -0.396 e. The number of hydrogen-bond acceptors (Lipinski definition) is 3. The van der Waals surface area contributed by atoms with Gasteiger partial charge in [-0.05, 0) is 24.5 Å². The van der Waals surface area contributed by atoms with Crippen LogP contribution in [0.15, 0.2) is 48.7 Å². The first-order valence-electron chi connectivity index (χ1n) is 8.33. The van der Waals surface area contributed by atoms with Crippen molar-refractivity contribution in [2.45, 2.75) is 38.8 Å². The third-order valence-corrected chi connectivity index (χ3v) is 4.35. The number of rotatable bonds is 6. The molecule has 0 spiro atoms. The van der Waals surface area contributed by atoms with Gasteiger partial charge in [0.15, 0.2) is 0 Å². The molecule has 0 aliphatic heterocycles. The fourth-order valence-corrected chi connectivity index (χ4v) is 3.06. The third kappa shape index (κ3) is 3.71. The van der Waals surface area contributed by atoms with Crippen LogP contribution in [-0.4, -0.2) is 27.5 Å². The van der Waals surface area contributed by atoms with Crippen LogP contribution < -0.4 is 5.32 Å².